The fourth-order valence-electron chi connectivity index (χ4n) is 6.66. The van der Waals surface area contributed by atoms with E-state index in [2.05, 4.69) is 28.0 Å². The fraction of sp³-hybridized carbons (Fsp3) is 0.500. The number of ether oxygens (including phenoxy) is 1. The zero-order chi connectivity index (χ0) is 42.8. The van der Waals surface area contributed by atoms with E-state index < -0.39 is 71.8 Å². The van der Waals surface area contributed by atoms with E-state index in [4.69, 9.17) is 4.74 Å². The predicted octanol–water partition coefficient (Wildman–Crippen LogP) is 3.66. The highest BCUT2D eigenvalue weighted by molar-refractivity contribution is 5.93. The summed E-state index contributed by atoms with van der Waals surface area (Å²) in [6.07, 6.45) is 13.2. The Morgan fingerprint density at radius 1 is 1.07 bits per heavy atom. The number of aliphatic hydroxyl groups excluding tert-OH is 1. The zero-order valence-electron chi connectivity index (χ0n) is 34.3. The Balaban J connectivity index is 2.04. The molecule has 58 heavy (non-hydrogen) atoms. The molecule has 1 fully saturated rings. The number of cyclic esters (lactones) is 1. The van der Waals surface area contributed by atoms with Gasteiger partial charge in [-0.15, -0.1) is 6.58 Å². The number of aliphatic hydroxyl groups is 1. The van der Waals surface area contributed by atoms with Gasteiger partial charge in [0.2, 0.25) is 17.7 Å². The average molecular weight is 804 g/mol. The number of aromatic hydroxyl groups is 1. The number of carbonyl (C=O) groups excluding carboxylic acids is 6. The van der Waals surface area contributed by atoms with Crippen LogP contribution in [-0.4, -0.2) is 94.0 Å². The summed E-state index contributed by atoms with van der Waals surface area (Å²) in [4.78, 5) is 80.0. The molecule has 6 N–H and O–H groups in total. The number of phenolic OH excluding ortho intramolecular Hbond substituents is 1. The lowest BCUT2D eigenvalue weighted by Crippen LogP contribution is -2.62. The predicted molar refractivity (Wildman–Crippen MR) is 220 cm³/mol. The molecule has 3 rings (SSSR count). The second-order valence-electron chi connectivity index (χ2n) is 15.4. The minimum atomic E-state index is -1.18. The van der Waals surface area contributed by atoms with Crippen molar-refractivity contribution in [3.05, 3.63) is 90.6 Å². The van der Waals surface area contributed by atoms with Gasteiger partial charge < -0.3 is 35.7 Å². The highest BCUT2D eigenvalue weighted by atomic mass is 16.5. The van der Waals surface area contributed by atoms with E-state index in [1.165, 1.54) is 30.1 Å². The second kappa shape index (κ2) is 23.8. The van der Waals surface area contributed by atoms with E-state index in [1.807, 2.05) is 12.2 Å². The Kier molecular flexibility index (Phi) is 19.3. The van der Waals surface area contributed by atoms with Gasteiger partial charge in [-0.3, -0.25) is 29.0 Å². The van der Waals surface area contributed by atoms with Crippen molar-refractivity contribution in [1.29, 1.82) is 0 Å². The molecule has 2 bridgehead atoms. The molecule has 316 valence electrons. The van der Waals surface area contributed by atoms with Gasteiger partial charge in [-0.1, -0.05) is 75.4 Å². The highest BCUT2D eigenvalue weighted by Crippen LogP contribution is 2.24. The summed E-state index contributed by atoms with van der Waals surface area (Å²) in [6, 6.07) is 3.11. The number of Topliss-reactive ketones (excluding diaryl/α,β-unsaturated/α-hetero) is 1. The molecule has 1 saturated heterocycles. The smallest absolute Gasteiger partial charge is 0.325 e. The van der Waals surface area contributed by atoms with Crippen LogP contribution in [0.4, 0.5) is 0 Å². The summed E-state index contributed by atoms with van der Waals surface area (Å²) in [6.45, 7) is 12.6. The van der Waals surface area contributed by atoms with Crippen molar-refractivity contribution in [2.75, 3.05) is 13.1 Å². The van der Waals surface area contributed by atoms with Gasteiger partial charge in [0, 0.05) is 38.4 Å². The maximum Gasteiger partial charge on any atom is 0.325 e. The van der Waals surface area contributed by atoms with Gasteiger partial charge in [-0.25, -0.2) is 5.43 Å². The lowest BCUT2D eigenvalue weighted by Gasteiger charge is -2.36. The number of phenols is 1. The molecule has 1 aromatic rings. The van der Waals surface area contributed by atoms with E-state index in [0.717, 1.165) is 0 Å². The van der Waals surface area contributed by atoms with Crippen LogP contribution < -0.4 is 21.4 Å². The molecule has 0 spiro atoms. The molecule has 1 aromatic carbocycles. The standard InChI is InChI=1S/C44H61N5O9/c1-7-24-45-38(52)21-12-16-29(4)37-20-11-9-8-10-15-30(5)40(53)34(23-22-31(6)50)41(54)47-39(28(2)3)42(55)46-36(27-32-17-13-18-33(51)26-32)43(56)49-25-14-19-35(48-49)44(57)58-37/h7-13,16-18,21,26,28,30,34-37,39-40,48,51,53H,1,14-15,19-20,22-25,27H2,2-6H3,(H,45,52)(H,46,55)(H,47,54)/b10-8+,11-9+,21-12+,29-16+/t30-,34+,35?,36-,37-,39-,40+/m0/s1. The van der Waals surface area contributed by atoms with Crippen LogP contribution in [0.1, 0.15) is 78.7 Å². The summed E-state index contributed by atoms with van der Waals surface area (Å²) in [7, 11) is 0. The van der Waals surface area contributed by atoms with Crippen LogP contribution in [0, 0.1) is 17.8 Å². The normalized spacial score (nSPS) is 27.1. The largest absolute Gasteiger partial charge is 0.508 e. The minimum Gasteiger partial charge on any atom is -0.508 e. The molecule has 1 unspecified atom stereocenters. The van der Waals surface area contributed by atoms with Crippen molar-refractivity contribution >= 4 is 35.4 Å². The van der Waals surface area contributed by atoms with Gasteiger partial charge in [-0.2, -0.15) is 0 Å². The van der Waals surface area contributed by atoms with Gasteiger partial charge >= 0.3 is 5.97 Å². The molecule has 4 amide bonds. The SMILES string of the molecule is C=CCNC(=O)/C=C/C=C(\C)[C@@H]1C/C=C/C=C/C[C@H](C)[C@@H](O)[C@@H](CCC(C)=O)C(=O)N[C@@H](C(C)C)C(=O)N[C@@H](Cc2cccc(O)c2)C(=O)N2CCCC(N2)C(=O)O1. The van der Waals surface area contributed by atoms with Crippen LogP contribution in [0.5, 0.6) is 5.75 Å². The first kappa shape index (κ1) is 47.0. The Morgan fingerprint density at radius 3 is 2.47 bits per heavy atom. The molecule has 0 aliphatic carbocycles. The van der Waals surface area contributed by atoms with Crippen molar-refractivity contribution in [3.8, 4) is 5.75 Å². The monoisotopic (exact) mass is 803 g/mol. The number of ketones is 1. The van der Waals surface area contributed by atoms with Gasteiger partial charge in [0.25, 0.3) is 5.91 Å². The molecule has 7 atom stereocenters. The molecule has 2 aliphatic heterocycles. The molecular formula is C44H61N5O9. The first-order chi connectivity index (χ1) is 27.6. The topological polar surface area (TPSA) is 203 Å². The number of nitrogens with one attached hydrogen (secondary N) is 4. The number of fused-ring (bicyclic) bond motifs is 2. The lowest BCUT2D eigenvalue weighted by atomic mass is 9.85. The maximum atomic E-state index is 14.3. The molecule has 0 aromatic heterocycles. The number of allylic oxidation sites excluding steroid dienone is 5. The Hall–Kier alpha value is -5.34. The van der Waals surface area contributed by atoms with E-state index in [0.29, 0.717) is 36.9 Å². The van der Waals surface area contributed by atoms with Gasteiger partial charge in [-0.05, 0) is 74.6 Å². The van der Waals surface area contributed by atoms with Crippen LogP contribution in [0.15, 0.2) is 85.0 Å². The van der Waals surface area contributed by atoms with E-state index in [9.17, 15) is 39.0 Å². The van der Waals surface area contributed by atoms with Crippen LogP contribution in [0.25, 0.3) is 0 Å². The van der Waals surface area contributed by atoms with Crippen molar-refractivity contribution in [1.82, 2.24) is 26.4 Å². The van der Waals surface area contributed by atoms with Crippen LogP contribution >= 0.6 is 0 Å². The van der Waals surface area contributed by atoms with Gasteiger partial charge in [0.05, 0.1) is 12.0 Å². The number of carbonyl (C=O) groups is 6. The Morgan fingerprint density at radius 2 is 1.79 bits per heavy atom. The first-order valence-electron chi connectivity index (χ1n) is 20.0. The van der Waals surface area contributed by atoms with Crippen molar-refractivity contribution in [2.45, 2.75) is 110 Å². The van der Waals surface area contributed by atoms with Gasteiger partial charge in [0.1, 0.15) is 35.8 Å². The molecule has 2 heterocycles. The quantitative estimate of drug-likeness (QED) is 0.0830. The third-order valence-electron chi connectivity index (χ3n) is 10.1. The average Bonchev–Trinajstić information content (AvgIpc) is 3.18. The van der Waals surface area contributed by atoms with Crippen LogP contribution in [-0.2, 0) is 39.9 Å². The summed E-state index contributed by atoms with van der Waals surface area (Å²) < 4.78 is 6.03. The number of hydrogen-bond donors (Lipinski definition) is 6. The number of benzene rings is 1. The first-order valence-corrected chi connectivity index (χ1v) is 20.0. The minimum absolute atomic E-state index is 0.0203. The number of rotatable bonds is 11. The van der Waals surface area contributed by atoms with Crippen molar-refractivity contribution < 1.29 is 43.7 Å². The number of amides is 4. The van der Waals surface area contributed by atoms with E-state index in [1.54, 1.807) is 70.2 Å². The molecule has 0 radical (unpaired) electrons. The fourth-order valence-corrected chi connectivity index (χ4v) is 6.66. The Labute approximate surface area is 341 Å². The zero-order valence-corrected chi connectivity index (χ0v) is 34.3. The lowest BCUT2D eigenvalue weighted by molar-refractivity contribution is -0.156. The van der Waals surface area contributed by atoms with Crippen molar-refractivity contribution in [3.63, 3.8) is 0 Å². The third kappa shape index (κ3) is 15.2. The molecule has 14 nitrogen and oxygen atoms in total. The second-order valence-corrected chi connectivity index (χ2v) is 15.4. The molecular weight excluding hydrogens is 743 g/mol. The molecule has 2 aliphatic rings. The summed E-state index contributed by atoms with van der Waals surface area (Å²) in [5.41, 5.74) is 4.22. The van der Waals surface area contributed by atoms with Crippen LogP contribution in [0.3, 0.4) is 0 Å². The molecule has 0 saturated carbocycles. The Bertz CT molecular complexity index is 1730. The summed E-state index contributed by atoms with van der Waals surface area (Å²) >= 11 is 0. The molecule has 14 heteroatoms. The number of hydrazine groups is 1. The van der Waals surface area contributed by atoms with E-state index >= 15 is 0 Å². The highest BCUT2D eigenvalue weighted by Gasteiger charge is 2.37. The summed E-state index contributed by atoms with van der Waals surface area (Å²) in [5.74, 6) is -4.69. The summed E-state index contributed by atoms with van der Waals surface area (Å²) in [5, 5.41) is 31.2. The maximum absolute atomic E-state index is 14.3. The number of nitrogens with zero attached hydrogens (tertiary/aromatic N) is 1. The number of hydrogen-bond acceptors (Lipinski definition) is 10. The van der Waals surface area contributed by atoms with Gasteiger partial charge in [0.15, 0.2) is 0 Å². The van der Waals surface area contributed by atoms with E-state index in [-0.39, 0.29) is 49.7 Å². The van der Waals surface area contributed by atoms with Crippen LogP contribution in [0.2, 0.25) is 0 Å². The third-order valence-corrected chi connectivity index (χ3v) is 10.1. The van der Waals surface area contributed by atoms with Crippen molar-refractivity contribution in [2.24, 2.45) is 17.8 Å². The number of esters is 1.